The molecule has 1 aliphatic rings. The highest BCUT2D eigenvalue weighted by molar-refractivity contribution is 7.80. The fourth-order valence-electron chi connectivity index (χ4n) is 1.85. The minimum atomic E-state index is 0.344. The molecule has 2 unspecified atom stereocenters. The minimum absolute atomic E-state index is 0.344. The van der Waals surface area contributed by atoms with Crippen molar-refractivity contribution in [3.05, 3.63) is 28.8 Å². The Morgan fingerprint density at radius 3 is 2.88 bits per heavy atom. The number of hydrogen-bond acceptors (Lipinski definition) is 2. The van der Waals surface area contributed by atoms with Gasteiger partial charge >= 0.3 is 0 Å². The Labute approximate surface area is 106 Å². The van der Waals surface area contributed by atoms with Gasteiger partial charge in [0.1, 0.15) is 4.99 Å². The minimum Gasteiger partial charge on any atom is -0.389 e. The van der Waals surface area contributed by atoms with E-state index in [9.17, 15) is 0 Å². The van der Waals surface area contributed by atoms with E-state index in [1.165, 1.54) is 6.42 Å². The van der Waals surface area contributed by atoms with Gasteiger partial charge in [-0.15, -0.1) is 0 Å². The monoisotopic (exact) mass is 254 g/mol. The summed E-state index contributed by atoms with van der Waals surface area (Å²) in [6, 6.07) is 5.68. The van der Waals surface area contributed by atoms with Crippen LogP contribution in [0.15, 0.2) is 18.2 Å². The van der Waals surface area contributed by atoms with E-state index in [1.807, 2.05) is 12.1 Å². The zero-order chi connectivity index (χ0) is 11.7. The Morgan fingerprint density at radius 1 is 1.62 bits per heavy atom. The largest absolute Gasteiger partial charge is 0.389 e. The summed E-state index contributed by atoms with van der Waals surface area (Å²) in [4.78, 5) is 0.344. The fraction of sp³-hybridized carbons (Fsp3) is 0.417. The Kier molecular flexibility index (Phi) is 3.36. The summed E-state index contributed by atoms with van der Waals surface area (Å²) >= 11 is 11.1. The van der Waals surface area contributed by atoms with Crippen molar-refractivity contribution in [2.75, 3.05) is 11.9 Å². The molecule has 86 valence electrons. The van der Waals surface area contributed by atoms with E-state index in [-0.39, 0.29) is 0 Å². The molecule has 2 atom stereocenters. The van der Waals surface area contributed by atoms with E-state index in [4.69, 9.17) is 29.6 Å². The van der Waals surface area contributed by atoms with Gasteiger partial charge in [0.2, 0.25) is 0 Å². The lowest BCUT2D eigenvalue weighted by molar-refractivity contribution is 0.787. The molecule has 1 aliphatic carbocycles. The molecule has 0 spiro atoms. The summed E-state index contributed by atoms with van der Waals surface area (Å²) in [6.07, 6.45) is 1.30. The zero-order valence-corrected chi connectivity index (χ0v) is 10.7. The molecule has 0 aromatic heterocycles. The first-order chi connectivity index (χ1) is 7.59. The molecule has 1 aromatic rings. The van der Waals surface area contributed by atoms with Crippen molar-refractivity contribution in [3.8, 4) is 0 Å². The summed E-state index contributed by atoms with van der Waals surface area (Å²) < 4.78 is 0. The first-order valence-corrected chi connectivity index (χ1v) is 6.20. The summed E-state index contributed by atoms with van der Waals surface area (Å²) in [7, 11) is 0. The van der Waals surface area contributed by atoms with Gasteiger partial charge in [0.15, 0.2) is 0 Å². The van der Waals surface area contributed by atoms with Crippen molar-refractivity contribution < 1.29 is 0 Å². The average Bonchev–Trinajstić information content (AvgIpc) is 2.91. The molecule has 2 rings (SSSR count). The van der Waals surface area contributed by atoms with Crippen LogP contribution in [0.4, 0.5) is 5.69 Å². The van der Waals surface area contributed by atoms with Crippen LogP contribution in [-0.2, 0) is 0 Å². The summed E-state index contributed by atoms with van der Waals surface area (Å²) in [5.41, 5.74) is 7.37. The molecule has 2 nitrogen and oxygen atoms in total. The van der Waals surface area contributed by atoms with E-state index in [1.54, 1.807) is 6.07 Å². The lowest BCUT2D eigenvalue weighted by Gasteiger charge is -2.12. The normalized spacial score (nSPS) is 22.9. The third kappa shape index (κ3) is 2.47. The number of hydrogen-bond donors (Lipinski definition) is 2. The van der Waals surface area contributed by atoms with Crippen LogP contribution >= 0.6 is 23.8 Å². The van der Waals surface area contributed by atoms with E-state index < -0.39 is 0 Å². The Bertz CT molecular complexity index is 419. The number of thiocarbonyl (C=S) groups is 1. The number of halogens is 1. The van der Waals surface area contributed by atoms with E-state index >= 15 is 0 Å². The predicted molar refractivity (Wildman–Crippen MR) is 73.1 cm³/mol. The van der Waals surface area contributed by atoms with Crippen molar-refractivity contribution in [3.63, 3.8) is 0 Å². The molecule has 3 N–H and O–H groups in total. The van der Waals surface area contributed by atoms with Crippen LogP contribution in [-0.4, -0.2) is 11.5 Å². The van der Waals surface area contributed by atoms with Gasteiger partial charge in [0.25, 0.3) is 0 Å². The maximum absolute atomic E-state index is 6.08. The number of rotatable bonds is 4. The van der Waals surface area contributed by atoms with Crippen molar-refractivity contribution in [1.82, 2.24) is 0 Å². The van der Waals surface area contributed by atoms with Crippen molar-refractivity contribution in [1.29, 1.82) is 0 Å². The van der Waals surface area contributed by atoms with Crippen LogP contribution in [0.5, 0.6) is 0 Å². The highest BCUT2D eigenvalue weighted by Crippen LogP contribution is 2.38. The van der Waals surface area contributed by atoms with E-state index in [0.29, 0.717) is 10.0 Å². The topological polar surface area (TPSA) is 38.0 Å². The van der Waals surface area contributed by atoms with Crippen LogP contribution in [0.3, 0.4) is 0 Å². The number of benzene rings is 1. The predicted octanol–water partition coefficient (Wildman–Crippen LogP) is 3.04. The maximum Gasteiger partial charge on any atom is 0.107 e. The second kappa shape index (κ2) is 4.60. The fourth-order valence-corrected chi connectivity index (χ4v) is 2.40. The molecule has 1 saturated carbocycles. The van der Waals surface area contributed by atoms with Crippen LogP contribution < -0.4 is 11.1 Å². The first kappa shape index (κ1) is 11.7. The van der Waals surface area contributed by atoms with Gasteiger partial charge in [0.05, 0.1) is 10.6 Å². The molecule has 4 heteroatoms. The third-order valence-corrected chi connectivity index (χ3v) is 3.61. The Morgan fingerprint density at radius 2 is 2.31 bits per heavy atom. The highest BCUT2D eigenvalue weighted by Gasteiger charge is 2.32. The van der Waals surface area contributed by atoms with Crippen LogP contribution in [0.1, 0.15) is 18.9 Å². The molecule has 0 bridgehead atoms. The van der Waals surface area contributed by atoms with Crippen LogP contribution in [0.2, 0.25) is 5.02 Å². The Balaban J connectivity index is 2.12. The smallest absolute Gasteiger partial charge is 0.107 e. The van der Waals surface area contributed by atoms with Gasteiger partial charge < -0.3 is 11.1 Å². The molecule has 1 aromatic carbocycles. The molecule has 16 heavy (non-hydrogen) atoms. The molecule has 0 radical (unpaired) electrons. The average molecular weight is 255 g/mol. The Hall–Kier alpha value is -0.800. The second-order valence-corrected chi connectivity index (χ2v) is 5.23. The molecular weight excluding hydrogens is 240 g/mol. The van der Waals surface area contributed by atoms with Crippen LogP contribution in [0.25, 0.3) is 0 Å². The molecule has 1 fully saturated rings. The van der Waals surface area contributed by atoms with Gasteiger partial charge in [-0.05, 0) is 30.4 Å². The third-order valence-electron chi connectivity index (χ3n) is 3.09. The maximum atomic E-state index is 6.08. The van der Waals surface area contributed by atoms with Crippen LogP contribution in [0, 0.1) is 11.8 Å². The highest BCUT2D eigenvalue weighted by atomic mass is 35.5. The van der Waals surface area contributed by atoms with E-state index in [0.717, 1.165) is 29.6 Å². The molecule has 0 saturated heterocycles. The van der Waals surface area contributed by atoms with E-state index in [2.05, 4.69) is 12.2 Å². The van der Waals surface area contributed by atoms with Gasteiger partial charge in [-0.3, -0.25) is 0 Å². The number of anilines is 1. The summed E-state index contributed by atoms with van der Waals surface area (Å²) in [5.74, 6) is 1.61. The quantitative estimate of drug-likeness (QED) is 0.812. The molecule has 0 heterocycles. The summed E-state index contributed by atoms with van der Waals surface area (Å²) in [6.45, 7) is 3.23. The molecular formula is C12H15ClN2S. The van der Waals surface area contributed by atoms with Crippen molar-refractivity contribution >= 4 is 34.5 Å². The second-order valence-electron chi connectivity index (χ2n) is 4.38. The number of nitrogens with one attached hydrogen (secondary N) is 1. The summed E-state index contributed by atoms with van der Waals surface area (Å²) in [5, 5.41) is 3.99. The van der Waals surface area contributed by atoms with Gasteiger partial charge in [0, 0.05) is 12.2 Å². The van der Waals surface area contributed by atoms with Gasteiger partial charge in [-0.2, -0.15) is 0 Å². The zero-order valence-electron chi connectivity index (χ0n) is 9.16. The molecule has 0 amide bonds. The van der Waals surface area contributed by atoms with Crippen molar-refractivity contribution in [2.24, 2.45) is 17.6 Å². The standard InChI is InChI=1S/C12H15ClN2S/c1-7-5-8(7)6-15-10-4-2-3-9(13)11(10)12(14)16/h2-4,7-8,15H,5-6H2,1H3,(H2,14,16). The lowest BCUT2D eigenvalue weighted by atomic mass is 10.1. The van der Waals surface area contributed by atoms with Gasteiger partial charge in [-0.1, -0.05) is 36.8 Å². The van der Waals surface area contributed by atoms with Crippen molar-refractivity contribution in [2.45, 2.75) is 13.3 Å². The SMILES string of the molecule is CC1CC1CNc1cccc(Cl)c1C(N)=S. The van der Waals surface area contributed by atoms with Gasteiger partial charge in [-0.25, -0.2) is 0 Å². The lowest BCUT2D eigenvalue weighted by Crippen LogP contribution is -2.15. The first-order valence-electron chi connectivity index (χ1n) is 5.41. The molecule has 0 aliphatic heterocycles. The number of nitrogens with two attached hydrogens (primary N) is 1.